The summed E-state index contributed by atoms with van der Waals surface area (Å²) in [7, 11) is 0. The number of benzene rings is 2. The molecular formula is C26H21ClF3N3O4S2. The van der Waals surface area contributed by atoms with Crippen LogP contribution in [-0.4, -0.2) is 33.8 Å². The van der Waals surface area contributed by atoms with Gasteiger partial charge in [0.25, 0.3) is 5.56 Å². The molecule has 0 unspecified atom stereocenters. The minimum atomic E-state index is -4.55. The first kappa shape index (κ1) is 28.7. The molecule has 0 aliphatic heterocycles. The van der Waals surface area contributed by atoms with E-state index in [0.717, 1.165) is 40.8 Å². The second kappa shape index (κ2) is 11.8. The van der Waals surface area contributed by atoms with Crippen molar-refractivity contribution in [3.05, 3.63) is 85.5 Å². The number of thioether (sulfide) groups is 1. The van der Waals surface area contributed by atoms with E-state index in [2.05, 4.69) is 10.3 Å². The molecule has 2 heterocycles. The van der Waals surface area contributed by atoms with Crippen LogP contribution in [0.1, 0.15) is 33.3 Å². The number of alkyl halides is 3. The molecule has 13 heteroatoms. The number of aromatic nitrogens is 2. The third kappa shape index (κ3) is 6.63. The van der Waals surface area contributed by atoms with E-state index in [0.29, 0.717) is 15.4 Å². The predicted octanol–water partition coefficient (Wildman–Crippen LogP) is 6.39. The average Bonchev–Trinajstić information content (AvgIpc) is 3.22. The highest BCUT2D eigenvalue weighted by Gasteiger charge is 2.30. The number of halogens is 4. The summed E-state index contributed by atoms with van der Waals surface area (Å²) in [6, 6.07) is 11.2. The van der Waals surface area contributed by atoms with Crippen molar-refractivity contribution < 1.29 is 27.5 Å². The summed E-state index contributed by atoms with van der Waals surface area (Å²) in [5.74, 6) is -1.37. The molecule has 2 aromatic carbocycles. The fourth-order valence-corrected chi connectivity index (χ4v) is 5.75. The van der Waals surface area contributed by atoms with Crippen molar-refractivity contribution in [3.8, 4) is 0 Å². The van der Waals surface area contributed by atoms with Crippen LogP contribution in [0.3, 0.4) is 0 Å². The second-order valence-corrected chi connectivity index (χ2v) is 10.7. The maximum absolute atomic E-state index is 13.6. The standard InChI is InChI=1S/C26H21ClF3N3O4S2/c1-3-37-24(36)21-14(2)20-22(39-21)32-25(33(23(20)35)12-15-7-9-17(27)10-8-15)38-13-19(34)31-18-6-4-5-16(11-18)26(28,29)30/h4-11H,3,12-13H2,1-2H3,(H,31,34). The first-order chi connectivity index (χ1) is 18.5. The van der Waals surface area contributed by atoms with Crippen molar-refractivity contribution in [2.24, 2.45) is 0 Å². The number of amides is 1. The van der Waals surface area contributed by atoms with Gasteiger partial charge in [0.2, 0.25) is 5.91 Å². The van der Waals surface area contributed by atoms with Gasteiger partial charge in [-0.15, -0.1) is 11.3 Å². The number of nitrogens with zero attached hydrogens (tertiary/aromatic N) is 2. The summed E-state index contributed by atoms with van der Waals surface area (Å²) in [6.07, 6.45) is -4.55. The van der Waals surface area contributed by atoms with E-state index in [1.165, 1.54) is 16.7 Å². The van der Waals surface area contributed by atoms with E-state index in [9.17, 15) is 27.6 Å². The molecule has 0 saturated heterocycles. The molecule has 2 aromatic heterocycles. The molecule has 0 saturated carbocycles. The summed E-state index contributed by atoms with van der Waals surface area (Å²) < 4.78 is 45.5. The molecule has 0 aliphatic rings. The summed E-state index contributed by atoms with van der Waals surface area (Å²) in [5, 5.41) is 3.45. The topological polar surface area (TPSA) is 90.3 Å². The van der Waals surface area contributed by atoms with Crippen LogP contribution >= 0.6 is 34.7 Å². The molecule has 1 amide bonds. The molecule has 204 valence electrons. The predicted molar refractivity (Wildman–Crippen MR) is 146 cm³/mol. The van der Waals surface area contributed by atoms with Gasteiger partial charge in [0.1, 0.15) is 9.71 Å². The highest BCUT2D eigenvalue weighted by molar-refractivity contribution is 7.99. The number of hydrogen-bond acceptors (Lipinski definition) is 7. The van der Waals surface area contributed by atoms with Crippen molar-refractivity contribution in [2.75, 3.05) is 17.7 Å². The van der Waals surface area contributed by atoms with Gasteiger partial charge in [-0.1, -0.05) is 41.6 Å². The maximum Gasteiger partial charge on any atom is 0.416 e. The third-order valence-electron chi connectivity index (χ3n) is 5.54. The van der Waals surface area contributed by atoms with Crippen molar-refractivity contribution in [2.45, 2.75) is 31.7 Å². The van der Waals surface area contributed by atoms with Gasteiger partial charge in [0.15, 0.2) is 5.16 Å². The summed E-state index contributed by atoms with van der Waals surface area (Å²) in [4.78, 5) is 43.8. The lowest BCUT2D eigenvalue weighted by Gasteiger charge is -2.13. The lowest BCUT2D eigenvalue weighted by molar-refractivity contribution is -0.137. The van der Waals surface area contributed by atoms with Gasteiger partial charge in [0.05, 0.1) is 29.9 Å². The van der Waals surface area contributed by atoms with Crippen LogP contribution in [0.15, 0.2) is 58.5 Å². The van der Waals surface area contributed by atoms with E-state index in [1.807, 2.05) is 0 Å². The van der Waals surface area contributed by atoms with E-state index in [-0.39, 0.29) is 40.0 Å². The Bertz CT molecular complexity index is 1600. The quantitative estimate of drug-likeness (QED) is 0.144. The lowest BCUT2D eigenvalue weighted by atomic mass is 10.2. The number of fused-ring (bicyclic) bond motifs is 1. The smallest absolute Gasteiger partial charge is 0.416 e. The molecule has 0 spiro atoms. The maximum atomic E-state index is 13.6. The number of anilines is 1. The second-order valence-electron chi connectivity index (χ2n) is 8.28. The van der Waals surface area contributed by atoms with Crippen LogP contribution in [0, 0.1) is 6.92 Å². The molecule has 0 radical (unpaired) electrons. The molecule has 4 aromatic rings. The zero-order valence-corrected chi connectivity index (χ0v) is 23.0. The van der Waals surface area contributed by atoms with E-state index < -0.39 is 29.2 Å². The average molecular weight is 596 g/mol. The number of carbonyl (C=O) groups is 2. The molecular weight excluding hydrogens is 575 g/mol. The minimum Gasteiger partial charge on any atom is -0.462 e. The van der Waals surface area contributed by atoms with Gasteiger partial charge in [-0.2, -0.15) is 13.2 Å². The Morgan fingerprint density at radius 3 is 2.56 bits per heavy atom. The summed E-state index contributed by atoms with van der Waals surface area (Å²) in [5.41, 5.74) is -0.0983. The SMILES string of the molecule is CCOC(=O)c1sc2nc(SCC(=O)Nc3cccc(C(F)(F)F)c3)n(Cc3ccc(Cl)cc3)c(=O)c2c1C. The van der Waals surface area contributed by atoms with Crippen LogP contribution < -0.4 is 10.9 Å². The third-order valence-corrected chi connectivity index (χ3v) is 7.93. The molecule has 1 N–H and O–H groups in total. The fraction of sp³-hybridized carbons (Fsp3) is 0.231. The number of nitrogens with one attached hydrogen (secondary N) is 1. The Balaban J connectivity index is 1.66. The highest BCUT2D eigenvalue weighted by atomic mass is 35.5. The van der Waals surface area contributed by atoms with Crippen LogP contribution in [0.5, 0.6) is 0 Å². The van der Waals surface area contributed by atoms with Gasteiger partial charge in [0, 0.05) is 10.7 Å². The Kier molecular flexibility index (Phi) is 8.67. The van der Waals surface area contributed by atoms with Crippen molar-refractivity contribution in [3.63, 3.8) is 0 Å². The highest BCUT2D eigenvalue weighted by Crippen LogP contribution is 2.32. The molecule has 7 nitrogen and oxygen atoms in total. The first-order valence-electron chi connectivity index (χ1n) is 11.5. The molecule has 0 atom stereocenters. The number of thiophene rings is 1. The number of ether oxygens (including phenoxy) is 1. The van der Waals surface area contributed by atoms with E-state index in [4.69, 9.17) is 16.3 Å². The normalized spacial score (nSPS) is 11.5. The number of aryl methyl sites for hydroxylation is 1. The van der Waals surface area contributed by atoms with Gasteiger partial charge >= 0.3 is 12.1 Å². The zero-order valence-electron chi connectivity index (χ0n) is 20.6. The number of hydrogen-bond donors (Lipinski definition) is 1. The van der Waals surface area contributed by atoms with E-state index in [1.54, 1.807) is 38.1 Å². The first-order valence-corrected chi connectivity index (χ1v) is 13.7. The van der Waals surface area contributed by atoms with Crippen LogP contribution in [-0.2, 0) is 22.3 Å². The number of carbonyl (C=O) groups excluding carboxylic acids is 2. The van der Waals surface area contributed by atoms with Crippen molar-refractivity contribution in [1.29, 1.82) is 0 Å². The van der Waals surface area contributed by atoms with Crippen LogP contribution in [0.4, 0.5) is 18.9 Å². The molecule has 0 bridgehead atoms. The van der Waals surface area contributed by atoms with E-state index >= 15 is 0 Å². The fourth-order valence-electron chi connectivity index (χ4n) is 3.71. The zero-order chi connectivity index (χ0) is 28.3. The Labute approximate surface area is 234 Å². The van der Waals surface area contributed by atoms with Gasteiger partial charge in [-0.05, 0) is 55.3 Å². The van der Waals surface area contributed by atoms with Gasteiger partial charge in [-0.25, -0.2) is 9.78 Å². The number of rotatable bonds is 8. The molecule has 0 aliphatic carbocycles. The molecule has 4 rings (SSSR count). The minimum absolute atomic E-state index is 0.00893. The monoisotopic (exact) mass is 595 g/mol. The van der Waals surface area contributed by atoms with Crippen LogP contribution in [0.25, 0.3) is 10.2 Å². The Morgan fingerprint density at radius 1 is 1.18 bits per heavy atom. The van der Waals surface area contributed by atoms with Crippen molar-refractivity contribution in [1.82, 2.24) is 9.55 Å². The molecule has 39 heavy (non-hydrogen) atoms. The lowest BCUT2D eigenvalue weighted by Crippen LogP contribution is -2.25. The van der Waals surface area contributed by atoms with Gasteiger partial charge < -0.3 is 10.1 Å². The largest absolute Gasteiger partial charge is 0.462 e. The summed E-state index contributed by atoms with van der Waals surface area (Å²) in [6.45, 7) is 3.61. The van der Waals surface area contributed by atoms with Crippen molar-refractivity contribution >= 4 is 62.5 Å². The number of esters is 1. The molecule has 0 fully saturated rings. The van der Waals surface area contributed by atoms with Gasteiger partial charge in [-0.3, -0.25) is 14.2 Å². The Morgan fingerprint density at radius 2 is 1.90 bits per heavy atom. The summed E-state index contributed by atoms with van der Waals surface area (Å²) >= 11 is 7.96. The van der Waals surface area contributed by atoms with Crippen LogP contribution in [0.2, 0.25) is 5.02 Å². The Hall–Kier alpha value is -3.35.